The van der Waals surface area contributed by atoms with E-state index >= 15 is 0 Å². The maximum absolute atomic E-state index is 6.22. The number of fused-ring (bicyclic) bond motifs is 1. The van der Waals surface area contributed by atoms with Crippen molar-refractivity contribution >= 4 is 38.2 Å². The molecule has 1 aliphatic rings. The molecule has 0 saturated carbocycles. The second kappa shape index (κ2) is 9.36. The maximum atomic E-state index is 6.22. The lowest BCUT2D eigenvalue weighted by molar-refractivity contribution is 0.0842. The summed E-state index contributed by atoms with van der Waals surface area (Å²) in [6, 6.07) is 10.6. The summed E-state index contributed by atoms with van der Waals surface area (Å²) in [6.45, 7) is 5.45. The molecule has 1 fully saturated rings. The van der Waals surface area contributed by atoms with Gasteiger partial charge >= 0.3 is 0 Å². The minimum atomic E-state index is -0.572. The van der Waals surface area contributed by atoms with Gasteiger partial charge in [0.25, 0.3) is 0 Å². The van der Waals surface area contributed by atoms with Crippen LogP contribution in [0.25, 0.3) is 22.2 Å². The first-order valence-electron chi connectivity index (χ1n) is 10.6. The SMILES string of the molecule is CN1CCN(c2ccc(-c3nn(COCCS(C)(C)C)c4cnc(Cl)cc34)cc2)CC1. The predicted molar refractivity (Wildman–Crippen MR) is 134 cm³/mol. The molecule has 0 bridgehead atoms. The van der Waals surface area contributed by atoms with Crippen LogP contribution in [0, 0.1) is 0 Å². The fourth-order valence-electron chi connectivity index (χ4n) is 3.71. The molecule has 3 aromatic rings. The summed E-state index contributed by atoms with van der Waals surface area (Å²) in [5.41, 5.74) is 4.18. The zero-order chi connectivity index (χ0) is 22.0. The molecule has 0 N–H and O–H groups in total. The van der Waals surface area contributed by atoms with Crippen molar-refractivity contribution in [1.82, 2.24) is 19.7 Å². The third kappa shape index (κ3) is 5.52. The third-order valence-electron chi connectivity index (χ3n) is 5.67. The molecule has 0 spiro atoms. The smallest absolute Gasteiger partial charge is 0.140 e. The number of hydrogen-bond acceptors (Lipinski definition) is 5. The number of likely N-dealkylation sites (N-methyl/N-ethyl adjacent to an activating group) is 1. The Morgan fingerprint density at radius 3 is 2.45 bits per heavy atom. The van der Waals surface area contributed by atoms with Gasteiger partial charge in [-0.3, -0.25) is 0 Å². The second-order valence-electron chi connectivity index (χ2n) is 9.04. The van der Waals surface area contributed by atoms with E-state index in [1.54, 1.807) is 6.20 Å². The molecule has 168 valence electrons. The van der Waals surface area contributed by atoms with Crippen molar-refractivity contribution in [2.75, 3.05) is 69.3 Å². The molecular formula is C23H32ClN5OS. The number of pyridine rings is 1. The van der Waals surface area contributed by atoms with E-state index in [9.17, 15) is 0 Å². The van der Waals surface area contributed by atoms with E-state index in [0.717, 1.165) is 60.7 Å². The minimum Gasteiger partial charge on any atom is -0.369 e. The van der Waals surface area contributed by atoms with E-state index in [2.05, 4.69) is 64.9 Å². The molecule has 1 aliphatic heterocycles. The monoisotopic (exact) mass is 461 g/mol. The molecule has 2 aromatic heterocycles. The van der Waals surface area contributed by atoms with Gasteiger partial charge in [0, 0.05) is 48.6 Å². The summed E-state index contributed by atoms with van der Waals surface area (Å²) in [7, 11) is 1.60. The molecule has 31 heavy (non-hydrogen) atoms. The van der Waals surface area contributed by atoms with Gasteiger partial charge in [0.05, 0.1) is 18.3 Å². The van der Waals surface area contributed by atoms with E-state index in [1.165, 1.54) is 5.69 Å². The van der Waals surface area contributed by atoms with Gasteiger partial charge in [-0.1, -0.05) is 23.7 Å². The molecule has 1 saturated heterocycles. The normalized spacial score (nSPS) is 16.2. The van der Waals surface area contributed by atoms with E-state index in [1.807, 2.05) is 10.7 Å². The first kappa shape index (κ1) is 22.4. The highest BCUT2D eigenvalue weighted by Gasteiger charge is 2.17. The Morgan fingerprint density at radius 2 is 1.77 bits per heavy atom. The highest BCUT2D eigenvalue weighted by Crippen LogP contribution is 2.34. The highest BCUT2D eigenvalue weighted by atomic mass is 35.5. The molecule has 4 rings (SSSR count). The summed E-state index contributed by atoms with van der Waals surface area (Å²) in [4.78, 5) is 9.07. The lowest BCUT2D eigenvalue weighted by atomic mass is 10.1. The Morgan fingerprint density at radius 1 is 1.06 bits per heavy atom. The van der Waals surface area contributed by atoms with Crippen LogP contribution in [-0.4, -0.2) is 84.0 Å². The third-order valence-corrected chi connectivity index (χ3v) is 7.26. The van der Waals surface area contributed by atoms with Crippen LogP contribution in [0.1, 0.15) is 0 Å². The molecule has 6 nitrogen and oxygen atoms in total. The fourth-order valence-corrected chi connectivity index (χ4v) is 4.49. The quantitative estimate of drug-likeness (QED) is 0.390. The topological polar surface area (TPSA) is 46.4 Å². The van der Waals surface area contributed by atoms with Gasteiger partial charge in [0.2, 0.25) is 0 Å². The molecular weight excluding hydrogens is 430 g/mol. The number of halogens is 1. The van der Waals surface area contributed by atoms with Gasteiger partial charge in [0.15, 0.2) is 0 Å². The maximum Gasteiger partial charge on any atom is 0.140 e. The number of anilines is 1. The standard InChI is InChI=1S/C23H32ClN5OS/c1-27-9-11-28(12-10-27)19-7-5-18(6-8-19)23-20-15-22(24)25-16-21(20)29(26-23)17-30-13-14-31(2,3)4/h5-8,15-16H,9-14,17H2,1-4H3. The number of piperazine rings is 1. The largest absolute Gasteiger partial charge is 0.369 e. The Labute approximate surface area is 191 Å². The zero-order valence-electron chi connectivity index (χ0n) is 18.8. The number of ether oxygens (including phenoxy) is 1. The Hall–Kier alpha value is -1.80. The highest BCUT2D eigenvalue weighted by molar-refractivity contribution is 8.32. The summed E-state index contributed by atoms with van der Waals surface area (Å²) in [6.07, 6.45) is 8.69. The molecule has 0 unspecified atom stereocenters. The number of benzene rings is 1. The Kier molecular flexibility index (Phi) is 6.77. The predicted octanol–water partition coefficient (Wildman–Crippen LogP) is 4.17. The lowest BCUT2D eigenvalue weighted by Gasteiger charge is -2.34. The van der Waals surface area contributed by atoms with Crippen molar-refractivity contribution in [3.63, 3.8) is 0 Å². The van der Waals surface area contributed by atoms with Gasteiger partial charge in [0.1, 0.15) is 17.6 Å². The molecule has 0 amide bonds. The van der Waals surface area contributed by atoms with E-state index in [-0.39, 0.29) is 0 Å². The number of aromatic nitrogens is 3. The minimum absolute atomic E-state index is 0.411. The van der Waals surface area contributed by atoms with Crippen LogP contribution in [0.15, 0.2) is 36.5 Å². The Balaban J connectivity index is 1.56. The molecule has 1 aromatic carbocycles. The van der Waals surface area contributed by atoms with Crippen molar-refractivity contribution < 1.29 is 4.74 Å². The summed E-state index contributed by atoms with van der Waals surface area (Å²) >= 11 is 6.22. The second-order valence-corrected chi connectivity index (χ2v) is 14.0. The van der Waals surface area contributed by atoms with Crippen LogP contribution >= 0.6 is 21.6 Å². The summed E-state index contributed by atoms with van der Waals surface area (Å²) < 4.78 is 7.83. The molecule has 0 radical (unpaired) electrons. The first-order chi connectivity index (χ1) is 14.8. The first-order valence-corrected chi connectivity index (χ1v) is 14.0. The van der Waals surface area contributed by atoms with Crippen molar-refractivity contribution in [1.29, 1.82) is 0 Å². The summed E-state index contributed by atoms with van der Waals surface area (Å²) in [5, 5.41) is 6.34. The molecule has 8 heteroatoms. The number of nitrogens with zero attached hydrogens (tertiary/aromatic N) is 5. The average Bonchev–Trinajstić information content (AvgIpc) is 3.09. The van der Waals surface area contributed by atoms with Crippen LogP contribution in [0.3, 0.4) is 0 Å². The van der Waals surface area contributed by atoms with Gasteiger partial charge in [-0.05, 0) is 44.0 Å². The number of hydrogen-bond donors (Lipinski definition) is 0. The average molecular weight is 462 g/mol. The van der Waals surface area contributed by atoms with E-state index < -0.39 is 10.0 Å². The van der Waals surface area contributed by atoms with Crippen molar-refractivity contribution in [3.05, 3.63) is 41.7 Å². The van der Waals surface area contributed by atoms with Crippen LogP contribution in [0.5, 0.6) is 0 Å². The molecule has 3 heterocycles. The van der Waals surface area contributed by atoms with Crippen LogP contribution in [0.4, 0.5) is 5.69 Å². The van der Waals surface area contributed by atoms with Gasteiger partial charge < -0.3 is 14.5 Å². The van der Waals surface area contributed by atoms with Crippen LogP contribution in [-0.2, 0) is 11.5 Å². The molecule has 0 aliphatic carbocycles. The van der Waals surface area contributed by atoms with Crippen molar-refractivity contribution in [3.8, 4) is 11.3 Å². The van der Waals surface area contributed by atoms with Gasteiger partial charge in [-0.2, -0.15) is 5.10 Å². The van der Waals surface area contributed by atoms with E-state index in [4.69, 9.17) is 21.4 Å². The number of rotatable bonds is 7. The zero-order valence-corrected chi connectivity index (χ0v) is 20.4. The van der Waals surface area contributed by atoms with Gasteiger partial charge in [-0.15, -0.1) is 0 Å². The van der Waals surface area contributed by atoms with Crippen LogP contribution < -0.4 is 4.90 Å². The van der Waals surface area contributed by atoms with E-state index in [0.29, 0.717) is 11.9 Å². The summed E-state index contributed by atoms with van der Waals surface area (Å²) in [5.74, 6) is 1.08. The van der Waals surface area contributed by atoms with Gasteiger partial charge in [-0.25, -0.2) is 19.7 Å². The Bertz CT molecular complexity index is 1020. The van der Waals surface area contributed by atoms with Crippen molar-refractivity contribution in [2.24, 2.45) is 0 Å². The fraction of sp³-hybridized carbons (Fsp3) is 0.478. The molecule has 0 atom stereocenters. The lowest BCUT2D eigenvalue weighted by Crippen LogP contribution is -2.44. The van der Waals surface area contributed by atoms with Crippen LogP contribution in [0.2, 0.25) is 5.15 Å². The van der Waals surface area contributed by atoms with Crippen molar-refractivity contribution in [2.45, 2.75) is 6.73 Å².